The standard InChI is InChI=1S/C9H16N4O/c1-3-13(4-2)9-12-7(6-14-9)5-8(10)11/h6H,3-5H2,1-2H3,(H3,10,11). The average Bonchev–Trinajstić information content (AvgIpc) is 2.54. The Morgan fingerprint density at radius 3 is 2.71 bits per heavy atom. The zero-order valence-corrected chi connectivity index (χ0v) is 8.58. The Morgan fingerprint density at radius 2 is 2.21 bits per heavy atom. The molecule has 0 fully saturated rings. The number of rotatable bonds is 5. The number of aromatic nitrogens is 1. The SMILES string of the molecule is CCN(CC)c1nc(CC(=N)N)co1. The number of hydrogen-bond donors (Lipinski definition) is 2. The molecule has 5 nitrogen and oxygen atoms in total. The highest BCUT2D eigenvalue weighted by molar-refractivity contribution is 5.78. The first-order valence-electron chi connectivity index (χ1n) is 4.69. The molecule has 0 atom stereocenters. The minimum absolute atomic E-state index is 0.101. The zero-order valence-electron chi connectivity index (χ0n) is 8.58. The van der Waals surface area contributed by atoms with Crippen LogP contribution < -0.4 is 10.6 Å². The fourth-order valence-corrected chi connectivity index (χ4v) is 1.21. The van der Waals surface area contributed by atoms with E-state index in [2.05, 4.69) is 4.98 Å². The van der Waals surface area contributed by atoms with Gasteiger partial charge in [0.05, 0.1) is 18.0 Å². The molecule has 1 aromatic heterocycles. The zero-order chi connectivity index (χ0) is 10.6. The second kappa shape index (κ2) is 4.64. The smallest absolute Gasteiger partial charge is 0.297 e. The number of nitrogens with zero attached hydrogens (tertiary/aromatic N) is 2. The summed E-state index contributed by atoms with van der Waals surface area (Å²) in [6.45, 7) is 5.80. The van der Waals surface area contributed by atoms with Crippen molar-refractivity contribution < 1.29 is 4.42 Å². The first-order valence-corrected chi connectivity index (χ1v) is 4.69. The lowest BCUT2D eigenvalue weighted by Crippen LogP contribution is -2.22. The molecule has 1 aromatic rings. The topological polar surface area (TPSA) is 79.1 Å². The van der Waals surface area contributed by atoms with Gasteiger partial charge in [0.1, 0.15) is 6.26 Å². The van der Waals surface area contributed by atoms with E-state index in [0.29, 0.717) is 18.1 Å². The molecule has 0 bridgehead atoms. The maximum Gasteiger partial charge on any atom is 0.297 e. The van der Waals surface area contributed by atoms with Crippen LogP contribution in [0.5, 0.6) is 0 Å². The fourth-order valence-electron chi connectivity index (χ4n) is 1.21. The van der Waals surface area contributed by atoms with Crippen LogP contribution in [0, 0.1) is 5.41 Å². The van der Waals surface area contributed by atoms with Gasteiger partial charge in [-0.25, -0.2) is 0 Å². The van der Waals surface area contributed by atoms with E-state index in [1.54, 1.807) is 6.26 Å². The van der Waals surface area contributed by atoms with Crippen molar-refractivity contribution in [2.45, 2.75) is 20.3 Å². The summed E-state index contributed by atoms with van der Waals surface area (Å²) in [4.78, 5) is 6.23. The lowest BCUT2D eigenvalue weighted by atomic mass is 10.3. The Kier molecular flexibility index (Phi) is 3.50. The molecule has 5 heteroatoms. The third-order valence-corrected chi connectivity index (χ3v) is 1.95. The molecule has 0 aromatic carbocycles. The summed E-state index contributed by atoms with van der Waals surface area (Å²) in [5.41, 5.74) is 5.97. The second-order valence-electron chi connectivity index (χ2n) is 3.00. The van der Waals surface area contributed by atoms with Crippen molar-refractivity contribution in [3.63, 3.8) is 0 Å². The van der Waals surface area contributed by atoms with Crippen molar-refractivity contribution in [1.29, 1.82) is 5.41 Å². The van der Waals surface area contributed by atoms with Crippen LogP contribution in [0.4, 0.5) is 6.01 Å². The van der Waals surface area contributed by atoms with Gasteiger partial charge in [-0.3, -0.25) is 5.41 Å². The summed E-state index contributed by atoms with van der Waals surface area (Å²) in [5, 5.41) is 7.12. The highest BCUT2D eigenvalue weighted by Crippen LogP contribution is 2.13. The van der Waals surface area contributed by atoms with E-state index in [0.717, 1.165) is 13.1 Å². The minimum Gasteiger partial charge on any atom is -0.432 e. The van der Waals surface area contributed by atoms with Crippen molar-refractivity contribution >= 4 is 11.9 Å². The van der Waals surface area contributed by atoms with Gasteiger partial charge < -0.3 is 15.1 Å². The molecule has 1 heterocycles. The van der Waals surface area contributed by atoms with E-state index in [1.165, 1.54) is 0 Å². The van der Waals surface area contributed by atoms with Gasteiger partial charge in [-0.15, -0.1) is 0 Å². The van der Waals surface area contributed by atoms with Crippen molar-refractivity contribution in [3.8, 4) is 0 Å². The monoisotopic (exact) mass is 196 g/mol. The van der Waals surface area contributed by atoms with Crippen LogP contribution in [0.1, 0.15) is 19.5 Å². The summed E-state index contributed by atoms with van der Waals surface area (Å²) < 4.78 is 5.27. The highest BCUT2D eigenvalue weighted by Gasteiger charge is 2.09. The summed E-state index contributed by atoms with van der Waals surface area (Å²) in [6.07, 6.45) is 1.90. The van der Waals surface area contributed by atoms with Crippen LogP contribution in [-0.4, -0.2) is 23.9 Å². The molecule has 0 aliphatic carbocycles. The number of nitrogens with one attached hydrogen (secondary N) is 1. The lowest BCUT2D eigenvalue weighted by Gasteiger charge is -2.14. The molecule has 0 spiro atoms. The molecule has 0 unspecified atom stereocenters. The highest BCUT2D eigenvalue weighted by atomic mass is 16.4. The van der Waals surface area contributed by atoms with E-state index in [9.17, 15) is 0 Å². The van der Waals surface area contributed by atoms with Crippen molar-refractivity contribution in [2.24, 2.45) is 5.73 Å². The van der Waals surface area contributed by atoms with Gasteiger partial charge in [-0.2, -0.15) is 4.98 Å². The molecule has 78 valence electrons. The maximum absolute atomic E-state index is 7.12. The van der Waals surface area contributed by atoms with Crippen LogP contribution in [0.3, 0.4) is 0 Å². The fraction of sp³-hybridized carbons (Fsp3) is 0.556. The molecular formula is C9H16N4O. The van der Waals surface area contributed by atoms with Crippen LogP contribution >= 0.6 is 0 Å². The Labute approximate surface area is 83.4 Å². The molecule has 0 saturated carbocycles. The largest absolute Gasteiger partial charge is 0.432 e. The summed E-state index contributed by atoms with van der Waals surface area (Å²) in [7, 11) is 0. The number of nitrogens with two attached hydrogens (primary N) is 1. The first-order chi connectivity index (χ1) is 6.67. The normalized spacial score (nSPS) is 10.1. The summed E-state index contributed by atoms with van der Waals surface area (Å²) >= 11 is 0. The summed E-state index contributed by atoms with van der Waals surface area (Å²) in [5.74, 6) is 0.101. The Hall–Kier alpha value is -1.52. The van der Waals surface area contributed by atoms with E-state index < -0.39 is 0 Å². The van der Waals surface area contributed by atoms with Gasteiger partial charge >= 0.3 is 0 Å². The van der Waals surface area contributed by atoms with Gasteiger partial charge in [-0.05, 0) is 13.8 Å². The number of oxazole rings is 1. The Morgan fingerprint density at radius 1 is 1.57 bits per heavy atom. The number of amidine groups is 1. The van der Waals surface area contributed by atoms with Gasteiger partial charge in [0.2, 0.25) is 0 Å². The molecule has 0 aliphatic rings. The van der Waals surface area contributed by atoms with Gasteiger partial charge in [0, 0.05) is 13.1 Å². The molecular weight excluding hydrogens is 180 g/mol. The lowest BCUT2D eigenvalue weighted by molar-refractivity contribution is 0.539. The molecule has 0 radical (unpaired) electrons. The third-order valence-electron chi connectivity index (χ3n) is 1.95. The molecule has 0 amide bonds. The molecule has 1 rings (SSSR count). The second-order valence-corrected chi connectivity index (χ2v) is 3.00. The van der Waals surface area contributed by atoms with E-state index in [-0.39, 0.29) is 5.84 Å². The van der Waals surface area contributed by atoms with Crippen LogP contribution in [0.25, 0.3) is 0 Å². The van der Waals surface area contributed by atoms with Crippen molar-refractivity contribution in [1.82, 2.24) is 4.98 Å². The first kappa shape index (κ1) is 10.6. The quantitative estimate of drug-likeness (QED) is 0.544. The van der Waals surface area contributed by atoms with Crippen molar-refractivity contribution in [3.05, 3.63) is 12.0 Å². The maximum atomic E-state index is 7.12. The Bertz CT molecular complexity index is 304. The van der Waals surface area contributed by atoms with Gasteiger partial charge in [0.15, 0.2) is 0 Å². The average molecular weight is 196 g/mol. The van der Waals surface area contributed by atoms with Gasteiger partial charge in [0.25, 0.3) is 6.01 Å². The molecule has 14 heavy (non-hydrogen) atoms. The summed E-state index contributed by atoms with van der Waals surface area (Å²) in [6, 6.07) is 0.603. The van der Waals surface area contributed by atoms with Crippen LogP contribution in [0.2, 0.25) is 0 Å². The van der Waals surface area contributed by atoms with E-state index in [4.69, 9.17) is 15.6 Å². The molecule has 0 aliphatic heterocycles. The van der Waals surface area contributed by atoms with Crippen LogP contribution in [-0.2, 0) is 6.42 Å². The molecule has 3 N–H and O–H groups in total. The van der Waals surface area contributed by atoms with E-state index in [1.807, 2.05) is 18.7 Å². The number of anilines is 1. The molecule has 0 saturated heterocycles. The predicted molar refractivity (Wildman–Crippen MR) is 55.7 cm³/mol. The number of hydrogen-bond acceptors (Lipinski definition) is 4. The van der Waals surface area contributed by atoms with Crippen molar-refractivity contribution in [2.75, 3.05) is 18.0 Å². The third kappa shape index (κ3) is 2.48. The minimum atomic E-state index is 0.101. The van der Waals surface area contributed by atoms with Gasteiger partial charge in [-0.1, -0.05) is 0 Å². The predicted octanol–water partition coefficient (Wildman–Crippen LogP) is 0.999. The Balaban J connectivity index is 2.71. The van der Waals surface area contributed by atoms with E-state index >= 15 is 0 Å². The van der Waals surface area contributed by atoms with Crippen LogP contribution in [0.15, 0.2) is 10.7 Å².